The van der Waals surface area contributed by atoms with Gasteiger partial charge in [-0.05, 0) is 18.2 Å². The molecule has 0 spiro atoms. The summed E-state index contributed by atoms with van der Waals surface area (Å²) < 4.78 is 21.9. The van der Waals surface area contributed by atoms with Gasteiger partial charge in [0.05, 0.1) is 57.3 Å². The van der Waals surface area contributed by atoms with Crippen LogP contribution in [0.1, 0.15) is 28.6 Å². The van der Waals surface area contributed by atoms with Crippen molar-refractivity contribution in [1.82, 2.24) is 20.3 Å². The summed E-state index contributed by atoms with van der Waals surface area (Å²) in [4.78, 5) is 58.7. The van der Waals surface area contributed by atoms with Crippen molar-refractivity contribution < 1.29 is 37.8 Å². The molecule has 0 bridgehead atoms. The van der Waals surface area contributed by atoms with Gasteiger partial charge < -0.3 is 23.9 Å². The second-order valence-corrected chi connectivity index (χ2v) is 11.1. The number of methoxy groups -OCH3 is 3. The molecule has 2 aromatic heterocycles. The quantitative estimate of drug-likeness (QED) is 0.207. The molecule has 1 aliphatic heterocycles. The Hall–Kier alpha value is -6.31. The van der Waals surface area contributed by atoms with Crippen LogP contribution in [0.15, 0.2) is 94.7 Å². The van der Waals surface area contributed by atoms with Crippen LogP contribution in [0, 0.1) is 0 Å². The number of nitrogens with zero attached hydrogens (tertiary/aromatic N) is 5. The SMILES string of the molecule is COC(=O)CN1C(=O)C(n2cc(C[C@@H](NC(=O)Cc3coc4cc(OC)ccc34)C(=O)OC)nn2)N=C(c2ccccc2)c2ccccc21. The zero-order valence-corrected chi connectivity index (χ0v) is 26.9. The minimum atomic E-state index is -1.27. The van der Waals surface area contributed by atoms with Crippen LogP contribution in [0.3, 0.4) is 0 Å². The first-order chi connectivity index (χ1) is 23.8. The van der Waals surface area contributed by atoms with Gasteiger partial charge in [-0.3, -0.25) is 19.3 Å². The van der Waals surface area contributed by atoms with E-state index in [9.17, 15) is 19.2 Å². The van der Waals surface area contributed by atoms with Crippen molar-refractivity contribution in [2.75, 3.05) is 32.8 Å². The Labute approximate surface area is 280 Å². The van der Waals surface area contributed by atoms with E-state index in [2.05, 4.69) is 15.6 Å². The van der Waals surface area contributed by atoms with E-state index < -0.39 is 36.0 Å². The zero-order valence-electron chi connectivity index (χ0n) is 26.9. The molecular weight excluding hydrogens is 632 g/mol. The van der Waals surface area contributed by atoms with E-state index >= 15 is 0 Å². The van der Waals surface area contributed by atoms with E-state index in [1.54, 1.807) is 37.4 Å². The number of para-hydroxylation sites is 1. The molecule has 49 heavy (non-hydrogen) atoms. The number of anilines is 1. The summed E-state index contributed by atoms with van der Waals surface area (Å²) in [5, 5.41) is 11.8. The predicted molar refractivity (Wildman–Crippen MR) is 176 cm³/mol. The highest BCUT2D eigenvalue weighted by molar-refractivity contribution is 6.20. The van der Waals surface area contributed by atoms with Gasteiger partial charge in [-0.1, -0.05) is 53.7 Å². The fraction of sp³-hybridized carbons (Fsp3) is 0.229. The number of ether oxygens (including phenoxy) is 3. The second kappa shape index (κ2) is 14.2. The first kappa shape index (κ1) is 32.6. The molecule has 250 valence electrons. The van der Waals surface area contributed by atoms with Gasteiger partial charge in [0.2, 0.25) is 12.1 Å². The second-order valence-electron chi connectivity index (χ2n) is 11.1. The van der Waals surface area contributed by atoms with Crippen molar-refractivity contribution in [2.24, 2.45) is 4.99 Å². The fourth-order valence-corrected chi connectivity index (χ4v) is 5.59. The van der Waals surface area contributed by atoms with Gasteiger partial charge in [0.1, 0.15) is 23.9 Å². The molecular formula is C35H32N6O8. The van der Waals surface area contributed by atoms with Crippen LogP contribution in [0.4, 0.5) is 5.69 Å². The Bertz CT molecular complexity index is 2050. The van der Waals surface area contributed by atoms with Crippen LogP contribution in [-0.4, -0.2) is 78.4 Å². The number of hydrogen-bond acceptors (Lipinski definition) is 11. The van der Waals surface area contributed by atoms with Gasteiger partial charge >= 0.3 is 11.9 Å². The van der Waals surface area contributed by atoms with E-state index in [0.29, 0.717) is 33.9 Å². The molecule has 1 unspecified atom stereocenters. The first-order valence-corrected chi connectivity index (χ1v) is 15.2. The maximum Gasteiger partial charge on any atom is 0.328 e. The normalized spacial score (nSPS) is 14.8. The molecule has 6 rings (SSSR count). The summed E-state index contributed by atoms with van der Waals surface area (Å²) in [6.07, 6.45) is 1.53. The lowest BCUT2D eigenvalue weighted by molar-refractivity contribution is -0.145. The fourth-order valence-electron chi connectivity index (χ4n) is 5.59. The van der Waals surface area contributed by atoms with Crippen molar-refractivity contribution in [2.45, 2.75) is 25.0 Å². The molecule has 2 amide bonds. The molecule has 2 atom stereocenters. The van der Waals surface area contributed by atoms with Crippen molar-refractivity contribution >= 4 is 46.1 Å². The summed E-state index contributed by atoms with van der Waals surface area (Å²) in [6.45, 7) is -0.363. The van der Waals surface area contributed by atoms with Crippen LogP contribution < -0.4 is 15.0 Å². The number of aromatic nitrogens is 3. The number of hydrogen-bond donors (Lipinski definition) is 1. The number of carbonyl (C=O) groups excluding carboxylic acids is 4. The van der Waals surface area contributed by atoms with Gasteiger partial charge in [-0.25, -0.2) is 14.5 Å². The number of fused-ring (bicyclic) bond motifs is 2. The van der Waals surface area contributed by atoms with E-state index in [1.807, 2.05) is 42.5 Å². The summed E-state index contributed by atoms with van der Waals surface area (Å²) in [6, 6.07) is 20.6. The number of carbonyl (C=O) groups is 4. The van der Waals surface area contributed by atoms with Crippen LogP contribution in [-0.2, 0) is 41.5 Å². The molecule has 14 nitrogen and oxygen atoms in total. The van der Waals surface area contributed by atoms with E-state index in [0.717, 1.165) is 10.9 Å². The summed E-state index contributed by atoms with van der Waals surface area (Å²) in [7, 11) is 4.01. The molecule has 3 aromatic carbocycles. The largest absolute Gasteiger partial charge is 0.497 e. The van der Waals surface area contributed by atoms with Crippen molar-refractivity contribution in [1.29, 1.82) is 0 Å². The van der Waals surface area contributed by atoms with Crippen molar-refractivity contribution in [3.63, 3.8) is 0 Å². The molecule has 0 aliphatic carbocycles. The third-order valence-corrected chi connectivity index (χ3v) is 8.01. The smallest absolute Gasteiger partial charge is 0.328 e. The summed E-state index contributed by atoms with van der Waals surface area (Å²) >= 11 is 0. The van der Waals surface area contributed by atoms with Crippen LogP contribution in [0.5, 0.6) is 5.75 Å². The van der Waals surface area contributed by atoms with Gasteiger partial charge in [0.25, 0.3) is 5.91 Å². The number of amides is 2. The predicted octanol–water partition coefficient (Wildman–Crippen LogP) is 3.03. The number of benzene rings is 3. The van der Waals surface area contributed by atoms with E-state index in [1.165, 1.54) is 36.3 Å². The first-order valence-electron chi connectivity index (χ1n) is 15.2. The molecule has 0 radical (unpaired) electrons. The maximum atomic E-state index is 14.1. The average Bonchev–Trinajstić information content (AvgIpc) is 3.74. The average molecular weight is 665 g/mol. The molecule has 0 fully saturated rings. The zero-order chi connectivity index (χ0) is 34.5. The number of esters is 2. The number of aliphatic imine (C=N–C) groups is 1. The lowest BCUT2D eigenvalue weighted by Crippen LogP contribution is -2.43. The van der Waals surface area contributed by atoms with Gasteiger partial charge in [-0.2, -0.15) is 0 Å². The number of furan rings is 1. The Morgan fingerprint density at radius 2 is 1.76 bits per heavy atom. The minimum absolute atomic E-state index is 0.0658. The topological polar surface area (TPSA) is 167 Å². The number of rotatable bonds is 11. The van der Waals surface area contributed by atoms with Crippen LogP contribution >= 0.6 is 0 Å². The third-order valence-electron chi connectivity index (χ3n) is 8.01. The van der Waals surface area contributed by atoms with Crippen LogP contribution in [0.25, 0.3) is 11.0 Å². The van der Waals surface area contributed by atoms with Crippen molar-refractivity contribution in [3.05, 3.63) is 108 Å². The Morgan fingerprint density at radius 3 is 2.51 bits per heavy atom. The Morgan fingerprint density at radius 1 is 0.980 bits per heavy atom. The van der Waals surface area contributed by atoms with Gasteiger partial charge in [0, 0.05) is 34.6 Å². The molecule has 1 N–H and O–H groups in total. The standard InChI is InChI=1S/C35H32N6O8/c1-46-24-13-14-25-22(20-49-29(25)17-24)15-30(42)36-27(35(45)48-3)16-23-18-41(39-38-23)33-34(44)40(19-31(43)47-2)28-12-8-7-11-26(28)32(37-33)21-9-5-4-6-10-21/h4-14,17-18,20,27,33H,15-16,19H2,1-3H3,(H,36,42)/t27-,33?/m1/s1. The monoisotopic (exact) mass is 664 g/mol. The molecule has 14 heteroatoms. The maximum absolute atomic E-state index is 14.1. The Kier molecular flexibility index (Phi) is 9.46. The highest BCUT2D eigenvalue weighted by atomic mass is 16.5. The summed E-state index contributed by atoms with van der Waals surface area (Å²) in [5.41, 5.74) is 3.81. The highest BCUT2D eigenvalue weighted by Crippen LogP contribution is 2.31. The highest BCUT2D eigenvalue weighted by Gasteiger charge is 2.35. The van der Waals surface area contributed by atoms with E-state index in [4.69, 9.17) is 23.6 Å². The molecule has 3 heterocycles. The van der Waals surface area contributed by atoms with E-state index in [-0.39, 0.29) is 25.1 Å². The van der Waals surface area contributed by atoms with Crippen LogP contribution in [0.2, 0.25) is 0 Å². The van der Waals surface area contributed by atoms with Gasteiger partial charge in [0.15, 0.2) is 0 Å². The summed E-state index contributed by atoms with van der Waals surface area (Å²) in [5.74, 6) is -1.70. The molecule has 1 aliphatic rings. The molecule has 5 aromatic rings. The van der Waals surface area contributed by atoms with Crippen molar-refractivity contribution in [3.8, 4) is 5.75 Å². The lowest BCUT2D eigenvalue weighted by Gasteiger charge is -2.23. The molecule has 0 saturated heterocycles. The number of nitrogens with one attached hydrogen (secondary N) is 1. The lowest BCUT2D eigenvalue weighted by atomic mass is 10.0. The van der Waals surface area contributed by atoms with Gasteiger partial charge in [-0.15, -0.1) is 5.10 Å². The number of benzodiazepines with no additional fused rings is 1. The minimum Gasteiger partial charge on any atom is -0.497 e. The Balaban J connectivity index is 1.28. The third kappa shape index (κ3) is 6.88. The molecule has 0 saturated carbocycles.